The molecule has 37 heavy (non-hydrogen) atoms. The van der Waals surface area contributed by atoms with Gasteiger partial charge >= 0.3 is 0 Å². The highest BCUT2D eigenvalue weighted by molar-refractivity contribution is 7.99. The Kier molecular flexibility index (Phi) is 5.70. The van der Waals surface area contributed by atoms with Crippen LogP contribution in [0.5, 0.6) is 5.75 Å². The Labute approximate surface area is 218 Å². The van der Waals surface area contributed by atoms with Crippen LogP contribution in [-0.2, 0) is 10.0 Å². The maximum absolute atomic E-state index is 13.7. The number of aromatic hydroxyl groups is 1. The van der Waals surface area contributed by atoms with Crippen molar-refractivity contribution < 1.29 is 13.5 Å². The average Bonchev–Trinajstić information content (AvgIpc) is 2.91. The Bertz CT molecular complexity index is 1930. The third kappa shape index (κ3) is 4.24. The normalized spacial score (nSPS) is 11.8. The maximum atomic E-state index is 13.7. The van der Waals surface area contributed by atoms with Gasteiger partial charge in [0.05, 0.1) is 21.6 Å². The number of nitrogens with one attached hydrogen (secondary N) is 1. The predicted octanol–water partition coefficient (Wildman–Crippen LogP) is 6.90. The molecular weight excluding hydrogens is 502 g/mol. The van der Waals surface area contributed by atoms with Crippen molar-refractivity contribution in [2.24, 2.45) is 0 Å². The fourth-order valence-corrected chi connectivity index (χ4v) is 6.69. The van der Waals surface area contributed by atoms with Crippen LogP contribution in [-0.4, -0.2) is 23.5 Å². The molecule has 2 N–H and O–H groups in total. The van der Waals surface area contributed by atoms with Gasteiger partial charge < -0.3 is 5.11 Å². The van der Waals surface area contributed by atoms with E-state index in [1.807, 2.05) is 67.6 Å². The van der Waals surface area contributed by atoms with Gasteiger partial charge in [0.2, 0.25) is 0 Å². The van der Waals surface area contributed by atoms with Crippen LogP contribution in [0, 0.1) is 6.92 Å². The van der Waals surface area contributed by atoms with E-state index in [2.05, 4.69) is 14.7 Å². The van der Waals surface area contributed by atoms with E-state index < -0.39 is 10.0 Å². The highest BCUT2D eigenvalue weighted by Gasteiger charge is 2.22. The Morgan fingerprint density at radius 1 is 0.784 bits per heavy atom. The predicted molar refractivity (Wildman–Crippen MR) is 149 cm³/mol. The Hall–Kier alpha value is -4.14. The highest BCUT2D eigenvalue weighted by Crippen LogP contribution is 2.44. The molecule has 0 unspecified atom stereocenters. The summed E-state index contributed by atoms with van der Waals surface area (Å²) in [5.41, 5.74) is 2.32. The first-order valence-corrected chi connectivity index (χ1v) is 13.9. The van der Waals surface area contributed by atoms with Crippen LogP contribution in [0.3, 0.4) is 0 Å². The highest BCUT2D eigenvalue weighted by atomic mass is 32.2. The van der Waals surface area contributed by atoms with E-state index in [1.54, 1.807) is 36.5 Å². The molecule has 2 aromatic heterocycles. The molecule has 6 aromatic rings. The van der Waals surface area contributed by atoms with Gasteiger partial charge in [-0.25, -0.2) is 8.42 Å². The van der Waals surface area contributed by atoms with E-state index in [4.69, 9.17) is 0 Å². The fraction of sp³-hybridized carbons (Fsp3) is 0.0345. The van der Waals surface area contributed by atoms with Crippen molar-refractivity contribution in [1.29, 1.82) is 0 Å². The standard InChI is InChI=1S/C29H21N3O3S2/c1-18-14-15-20-8-5-13-26(28(20)31-18)37(34,35)32-23-17-25(29(33)22-11-3-2-10-21(22)23)36-24-12-4-7-19-9-6-16-30-27(19)24/h2-17,32-33H,1H3. The van der Waals surface area contributed by atoms with Crippen molar-refractivity contribution in [2.45, 2.75) is 21.6 Å². The number of nitrogens with zero attached hydrogens (tertiary/aromatic N) is 2. The Morgan fingerprint density at radius 3 is 2.35 bits per heavy atom. The first-order chi connectivity index (χ1) is 17.9. The third-order valence-electron chi connectivity index (χ3n) is 6.15. The van der Waals surface area contributed by atoms with Gasteiger partial charge in [-0.1, -0.05) is 72.4 Å². The third-order valence-corrected chi connectivity index (χ3v) is 8.63. The minimum atomic E-state index is -4.00. The number of hydrogen-bond donors (Lipinski definition) is 2. The van der Waals surface area contributed by atoms with E-state index >= 15 is 0 Å². The minimum absolute atomic E-state index is 0.0823. The number of hydrogen-bond acceptors (Lipinski definition) is 6. The van der Waals surface area contributed by atoms with Gasteiger partial charge in [0.25, 0.3) is 10.0 Å². The van der Waals surface area contributed by atoms with Crippen LogP contribution in [0.25, 0.3) is 32.6 Å². The quantitative estimate of drug-likeness (QED) is 0.239. The Balaban J connectivity index is 1.49. The second kappa shape index (κ2) is 9.06. The van der Waals surface area contributed by atoms with Gasteiger partial charge in [0.1, 0.15) is 10.6 Å². The van der Waals surface area contributed by atoms with Crippen molar-refractivity contribution in [3.8, 4) is 5.75 Å². The van der Waals surface area contributed by atoms with Gasteiger partial charge in [-0.15, -0.1) is 0 Å². The summed E-state index contributed by atoms with van der Waals surface area (Å²) in [6, 6.07) is 27.4. The van der Waals surface area contributed by atoms with Crippen LogP contribution in [0.2, 0.25) is 0 Å². The number of rotatable bonds is 5. The van der Waals surface area contributed by atoms with Crippen LogP contribution >= 0.6 is 11.8 Å². The van der Waals surface area contributed by atoms with Gasteiger partial charge in [-0.3, -0.25) is 14.7 Å². The molecule has 0 bridgehead atoms. The monoisotopic (exact) mass is 523 g/mol. The number of benzene rings is 4. The second-order valence-electron chi connectivity index (χ2n) is 8.64. The van der Waals surface area contributed by atoms with E-state index in [9.17, 15) is 13.5 Å². The van der Waals surface area contributed by atoms with E-state index in [1.165, 1.54) is 11.8 Å². The molecule has 6 rings (SSSR count). The van der Waals surface area contributed by atoms with Crippen LogP contribution in [0.4, 0.5) is 5.69 Å². The van der Waals surface area contributed by atoms with Gasteiger partial charge in [0, 0.05) is 38.3 Å². The SMILES string of the molecule is Cc1ccc2cccc(S(=O)(=O)Nc3cc(Sc4cccc5cccnc45)c(O)c4ccccc34)c2n1. The summed E-state index contributed by atoms with van der Waals surface area (Å²) in [6.07, 6.45) is 1.73. The van der Waals surface area contributed by atoms with Gasteiger partial charge in [-0.2, -0.15) is 0 Å². The van der Waals surface area contributed by atoms with Crippen molar-refractivity contribution in [2.75, 3.05) is 4.72 Å². The molecule has 0 aliphatic heterocycles. The lowest BCUT2D eigenvalue weighted by atomic mass is 10.1. The maximum Gasteiger partial charge on any atom is 0.264 e. The van der Waals surface area contributed by atoms with E-state index in [0.29, 0.717) is 26.9 Å². The zero-order valence-electron chi connectivity index (χ0n) is 19.7. The van der Waals surface area contributed by atoms with Crippen molar-refractivity contribution in [3.63, 3.8) is 0 Å². The molecule has 0 saturated heterocycles. The molecule has 0 spiro atoms. The van der Waals surface area contributed by atoms with E-state index in [0.717, 1.165) is 26.9 Å². The minimum Gasteiger partial charge on any atom is -0.506 e. The smallest absolute Gasteiger partial charge is 0.264 e. The van der Waals surface area contributed by atoms with Crippen molar-refractivity contribution in [1.82, 2.24) is 9.97 Å². The zero-order valence-corrected chi connectivity index (χ0v) is 21.3. The number of pyridine rings is 2. The molecule has 0 aliphatic carbocycles. The fourth-order valence-electron chi connectivity index (χ4n) is 4.41. The topological polar surface area (TPSA) is 92.2 Å². The molecule has 0 aliphatic rings. The molecule has 0 radical (unpaired) electrons. The second-order valence-corrected chi connectivity index (χ2v) is 11.4. The number of para-hydroxylation sites is 2. The molecule has 0 amide bonds. The number of fused-ring (bicyclic) bond motifs is 3. The largest absolute Gasteiger partial charge is 0.506 e. The molecule has 2 heterocycles. The summed E-state index contributed by atoms with van der Waals surface area (Å²) in [5.74, 6) is 0.0823. The molecular formula is C29H21N3O3S2. The van der Waals surface area contributed by atoms with Gasteiger partial charge in [-0.05, 0) is 37.3 Å². The summed E-state index contributed by atoms with van der Waals surface area (Å²) >= 11 is 1.34. The van der Waals surface area contributed by atoms with Crippen LogP contribution < -0.4 is 4.72 Å². The molecule has 0 saturated carbocycles. The Morgan fingerprint density at radius 2 is 1.51 bits per heavy atom. The average molecular weight is 524 g/mol. The number of phenols is 1. The molecule has 4 aromatic carbocycles. The molecule has 6 nitrogen and oxygen atoms in total. The first-order valence-electron chi connectivity index (χ1n) is 11.6. The van der Waals surface area contributed by atoms with Gasteiger partial charge in [0.15, 0.2) is 0 Å². The van der Waals surface area contributed by atoms with Crippen LogP contribution in [0.1, 0.15) is 5.69 Å². The summed E-state index contributed by atoms with van der Waals surface area (Å²) in [7, 11) is -4.00. The molecule has 8 heteroatoms. The lowest BCUT2D eigenvalue weighted by molar-refractivity contribution is 0.469. The zero-order chi connectivity index (χ0) is 25.6. The summed E-state index contributed by atoms with van der Waals surface area (Å²) in [4.78, 5) is 10.5. The van der Waals surface area contributed by atoms with Crippen molar-refractivity contribution in [3.05, 3.63) is 103 Å². The number of aromatic nitrogens is 2. The lowest BCUT2D eigenvalue weighted by Gasteiger charge is -2.16. The summed E-state index contributed by atoms with van der Waals surface area (Å²) in [5, 5.41) is 14.0. The van der Waals surface area contributed by atoms with Crippen LogP contribution in [0.15, 0.2) is 112 Å². The summed E-state index contributed by atoms with van der Waals surface area (Å²) in [6.45, 7) is 1.83. The van der Waals surface area contributed by atoms with E-state index in [-0.39, 0.29) is 10.6 Å². The summed E-state index contributed by atoms with van der Waals surface area (Å²) < 4.78 is 30.1. The van der Waals surface area contributed by atoms with Crippen molar-refractivity contribution >= 4 is 60.1 Å². The molecule has 0 atom stereocenters. The lowest BCUT2D eigenvalue weighted by Crippen LogP contribution is -2.14. The molecule has 182 valence electrons. The number of anilines is 1. The molecule has 0 fully saturated rings. The number of aryl methyl sites for hydroxylation is 1. The number of sulfonamides is 1. The number of phenolic OH excluding ortho intramolecular Hbond substituents is 1. The first kappa shape index (κ1) is 23.3.